The Morgan fingerprint density at radius 1 is 1.15 bits per heavy atom. The van der Waals surface area contributed by atoms with E-state index in [4.69, 9.17) is 0 Å². The number of rotatable bonds is 4. The Morgan fingerprint density at radius 3 is 2.54 bits per heavy atom. The molecule has 6 nitrogen and oxygen atoms in total. The molecule has 1 aliphatic rings. The van der Waals surface area contributed by atoms with Crippen LogP contribution >= 0.6 is 0 Å². The number of nitro benzene ring substituents is 1. The summed E-state index contributed by atoms with van der Waals surface area (Å²) in [6, 6.07) is 8.77. The predicted octanol–water partition coefficient (Wildman–Crippen LogP) is 2.75. The molecule has 2 atom stereocenters. The van der Waals surface area contributed by atoms with Crippen molar-refractivity contribution in [2.45, 2.75) is 18.4 Å². The van der Waals surface area contributed by atoms with E-state index in [0.29, 0.717) is 30.6 Å². The number of piperidine rings is 1. The Morgan fingerprint density at radius 2 is 1.88 bits per heavy atom. The molecule has 1 heterocycles. The Hall–Kier alpha value is -2.87. The predicted molar refractivity (Wildman–Crippen MR) is 90.9 cm³/mol. The second kappa shape index (κ2) is 7.57. The number of non-ortho nitro benzene ring substituents is 1. The van der Waals surface area contributed by atoms with E-state index in [0.717, 1.165) is 12.1 Å². The first kappa shape index (κ1) is 17.9. The number of carbonyl (C=O) groups is 1. The van der Waals surface area contributed by atoms with Crippen LogP contribution in [0.15, 0.2) is 42.5 Å². The zero-order valence-electron chi connectivity index (χ0n) is 13.7. The lowest BCUT2D eigenvalue weighted by atomic mass is 9.85. The van der Waals surface area contributed by atoms with E-state index in [9.17, 15) is 23.7 Å². The van der Waals surface area contributed by atoms with Gasteiger partial charge in [0.15, 0.2) is 11.6 Å². The topological polar surface area (TPSA) is 84.3 Å². The zero-order valence-corrected chi connectivity index (χ0v) is 13.7. The van der Waals surface area contributed by atoms with Crippen molar-refractivity contribution in [2.75, 3.05) is 13.1 Å². The first-order chi connectivity index (χ1) is 12.5. The Balaban J connectivity index is 1.76. The average molecular weight is 361 g/mol. The molecule has 1 saturated heterocycles. The van der Waals surface area contributed by atoms with Crippen LogP contribution in [-0.4, -0.2) is 30.0 Å². The maximum Gasteiger partial charge on any atom is 0.269 e. The van der Waals surface area contributed by atoms with Gasteiger partial charge in [-0.1, -0.05) is 6.07 Å². The van der Waals surface area contributed by atoms with Gasteiger partial charge in [-0.3, -0.25) is 14.9 Å². The molecule has 136 valence electrons. The standard InChI is InChI=1S/C18H17F2N3O3/c19-15-6-3-12(9-16(15)20)14-7-8-21-10-17(14)22-18(24)11-1-4-13(5-2-11)23(25)26/h1-6,9,14,17,21H,7-8,10H2,(H,22,24). The number of nitrogens with one attached hydrogen (secondary N) is 2. The number of nitro groups is 1. The van der Waals surface area contributed by atoms with Gasteiger partial charge in [-0.05, 0) is 42.8 Å². The van der Waals surface area contributed by atoms with Crippen LogP contribution in [-0.2, 0) is 0 Å². The van der Waals surface area contributed by atoms with E-state index in [-0.39, 0.29) is 23.6 Å². The van der Waals surface area contributed by atoms with E-state index in [1.165, 1.54) is 30.3 Å². The Labute approximate surface area is 148 Å². The molecule has 2 N–H and O–H groups in total. The van der Waals surface area contributed by atoms with E-state index < -0.39 is 16.6 Å². The second-order valence-electron chi connectivity index (χ2n) is 6.16. The number of amides is 1. The minimum atomic E-state index is -0.915. The van der Waals surface area contributed by atoms with Crippen molar-refractivity contribution in [2.24, 2.45) is 0 Å². The fourth-order valence-electron chi connectivity index (χ4n) is 3.14. The molecule has 1 aliphatic heterocycles. The van der Waals surface area contributed by atoms with Gasteiger partial charge in [-0.25, -0.2) is 8.78 Å². The molecule has 1 amide bonds. The molecule has 0 bridgehead atoms. The molecule has 1 fully saturated rings. The molecular formula is C18H17F2N3O3. The van der Waals surface area contributed by atoms with Crippen LogP contribution in [0.5, 0.6) is 0 Å². The first-order valence-corrected chi connectivity index (χ1v) is 8.16. The fraction of sp³-hybridized carbons (Fsp3) is 0.278. The van der Waals surface area contributed by atoms with Crippen LogP contribution in [0, 0.1) is 21.7 Å². The van der Waals surface area contributed by atoms with Crippen LogP contribution in [0.3, 0.4) is 0 Å². The van der Waals surface area contributed by atoms with E-state index in [1.54, 1.807) is 0 Å². The fourth-order valence-corrected chi connectivity index (χ4v) is 3.14. The molecule has 8 heteroatoms. The molecule has 2 aromatic rings. The SMILES string of the molecule is O=C(NC1CNCCC1c1ccc(F)c(F)c1)c1ccc([N+](=O)[O-])cc1. The largest absolute Gasteiger partial charge is 0.347 e. The summed E-state index contributed by atoms with van der Waals surface area (Å²) in [4.78, 5) is 22.6. The van der Waals surface area contributed by atoms with Gasteiger partial charge in [0.2, 0.25) is 0 Å². The van der Waals surface area contributed by atoms with Crippen LogP contribution in [0.4, 0.5) is 14.5 Å². The summed E-state index contributed by atoms with van der Waals surface area (Å²) in [5.41, 5.74) is 0.824. The highest BCUT2D eigenvalue weighted by atomic mass is 19.2. The summed E-state index contributed by atoms with van der Waals surface area (Å²) in [5.74, 6) is -2.36. The van der Waals surface area contributed by atoms with Crippen LogP contribution in [0.25, 0.3) is 0 Å². The summed E-state index contributed by atoms with van der Waals surface area (Å²) < 4.78 is 26.7. The normalized spacial score (nSPS) is 19.8. The van der Waals surface area contributed by atoms with Crippen molar-refractivity contribution in [3.8, 4) is 0 Å². The monoisotopic (exact) mass is 361 g/mol. The summed E-state index contributed by atoms with van der Waals surface area (Å²) in [7, 11) is 0. The highest BCUT2D eigenvalue weighted by molar-refractivity contribution is 5.94. The molecule has 2 unspecified atom stereocenters. The van der Waals surface area contributed by atoms with Crippen molar-refractivity contribution in [3.05, 3.63) is 75.3 Å². The van der Waals surface area contributed by atoms with Gasteiger partial charge in [0.05, 0.1) is 4.92 Å². The van der Waals surface area contributed by atoms with E-state index >= 15 is 0 Å². The molecule has 0 spiro atoms. The third kappa shape index (κ3) is 3.85. The number of halogens is 2. The van der Waals surface area contributed by atoms with Crippen molar-refractivity contribution >= 4 is 11.6 Å². The third-order valence-electron chi connectivity index (χ3n) is 4.51. The summed E-state index contributed by atoms with van der Waals surface area (Å²) in [5, 5.41) is 16.7. The molecule has 0 aromatic heterocycles. The van der Waals surface area contributed by atoms with Crippen molar-refractivity contribution in [1.29, 1.82) is 0 Å². The second-order valence-corrected chi connectivity index (χ2v) is 6.16. The van der Waals surface area contributed by atoms with Gasteiger partial charge in [-0.15, -0.1) is 0 Å². The van der Waals surface area contributed by atoms with E-state index in [2.05, 4.69) is 10.6 Å². The number of hydrogen-bond acceptors (Lipinski definition) is 4. The van der Waals surface area contributed by atoms with Crippen molar-refractivity contribution in [1.82, 2.24) is 10.6 Å². The lowest BCUT2D eigenvalue weighted by Gasteiger charge is -2.33. The lowest BCUT2D eigenvalue weighted by Crippen LogP contribution is -2.50. The lowest BCUT2D eigenvalue weighted by molar-refractivity contribution is -0.384. The third-order valence-corrected chi connectivity index (χ3v) is 4.51. The average Bonchev–Trinajstić information content (AvgIpc) is 2.64. The maximum atomic E-state index is 13.6. The molecular weight excluding hydrogens is 344 g/mol. The molecule has 0 saturated carbocycles. The van der Waals surface area contributed by atoms with Crippen LogP contribution < -0.4 is 10.6 Å². The maximum absolute atomic E-state index is 13.6. The zero-order chi connectivity index (χ0) is 18.7. The number of nitrogens with zero attached hydrogens (tertiary/aromatic N) is 1. The van der Waals surface area contributed by atoms with Gasteiger partial charge in [-0.2, -0.15) is 0 Å². The first-order valence-electron chi connectivity index (χ1n) is 8.16. The molecule has 2 aromatic carbocycles. The minimum Gasteiger partial charge on any atom is -0.347 e. The smallest absolute Gasteiger partial charge is 0.269 e. The van der Waals surface area contributed by atoms with E-state index in [1.807, 2.05) is 0 Å². The summed E-state index contributed by atoms with van der Waals surface area (Å²) in [6.07, 6.45) is 0.663. The molecule has 0 aliphatic carbocycles. The highest BCUT2D eigenvalue weighted by Crippen LogP contribution is 2.27. The van der Waals surface area contributed by atoms with Gasteiger partial charge in [0.1, 0.15) is 0 Å². The molecule has 3 rings (SSSR count). The van der Waals surface area contributed by atoms with Gasteiger partial charge < -0.3 is 10.6 Å². The molecule has 26 heavy (non-hydrogen) atoms. The number of benzene rings is 2. The van der Waals surface area contributed by atoms with Crippen molar-refractivity contribution < 1.29 is 18.5 Å². The minimum absolute atomic E-state index is 0.0967. The molecule has 0 radical (unpaired) electrons. The highest BCUT2D eigenvalue weighted by Gasteiger charge is 2.28. The number of hydrogen-bond donors (Lipinski definition) is 2. The van der Waals surface area contributed by atoms with Gasteiger partial charge in [0.25, 0.3) is 11.6 Å². The Kier molecular flexibility index (Phi) is 5.22. The van der Waals surface area contributed by atoms with Crippen LogP contribution in [0.2, 0.25) is 0 Å². The quantitative estimate of drug-likeness (QED) is 0.648. The van der Waals surface area contributed by atoms with Crippen LogP contribution in [0.1, 0.15) is 28.3 Å². The van der Waals surface area contributed by atoms with Gasteiger partial charge in [0, 0.05) is 36.2 Å². The summed E-state index contributed by atoms with van der Waals surface area (Å²) in [6.45, 7) is 1.19. The summed E-state index contributed by atoms with van der Waals surface area (Å²) >= 11 is 0. The van der Waals surface area contributed by atoms with Gasteiger partial charge >= 0.3 is 0 Å². The number of carbonyl (C=O) groups excluding carboxylic acids is 1. The Bertz CT molecular complexity index is 827. The van der Waals surface area contributed by atoms with Crippen molar-refractivity contribution in [3.63, 3.8) is 0 Å².